The number of amidine groups is 1. The lowest BCUT2D eigenvalue weighted by Gasteiger charge is -2.16. The predicted octanol–water partition coefficient (Wildman–Crippen LogP) is 4.32. The average molecular weight is 660 g/mol. The fraction of sp³-hybridized carbons (Fsp3) is 0.273. The van der Waals surface area contributed by atoms with Crippen LogP contribution in [-0.4, -0.2) is 47.9 Å². The highest BCUT2D eigenvalue weighted by Gasteiger charge is 2.31. The van der Waals surface area contributed by atoms with Gasteiger partial charge in [-0.3, -0.25) is 0 Å². The molecule has 1 aromatic heterocycles. The zero-order valence-corrected chi connectivity index (χ0v) is 26.7. The Hall–Kier alpha value is -5.80. The molecule has 0 aliphatic rings. The molecule has 15 heteroatoms. The minimum absolute atomic E-state index is 0.0509. The fourth-order valence-electron chi connectivity index (χ4n) is 5.02. The second-order valence-corrected chi connectivity index (χ2v) is 11.4. The Morgan fingerprint density at radius 3 is 2.33 bits per heavy atom. The third-order valence-corrected chi connectivity index (χ3v) is 7.20. The number of aryl methyl sites for hydroxylation is 1. The molecular weight excluding hydrogens is 622 g/mol. The summed E-state index contributed by atoms with van der Waals surface area (Å²) in [6.07, 6.45) is 0.304. The maximum Gasteiger partial charge on any atom is 0.445 e. The number of hydrazine groups is 1. The highest BCUT2D eigenvalue weighted by molar-refractivity contribution is 6.03. The number of ether oxygens (including phenoxy) is 1. The van der Waals surface area contributed by atoms with Gasteiger partial charge >= 0.3 is 12.1 Å². The molecular formula is C33H37N7O8. The first-order valence-electron chi connectivity index (χ1n) is 14.9. The molecule has 4 rings (SSSR count). The van der Waals surface area contributed by atoms with E-state index in [1.54, 1.807) is 41.0 Å². The molecule has 0 atom stereocenters. The van der Waals surface area contributed by atoms with Crippen molar-refractivity contribution in [2.24, 2.45) is 16.7 Å². The highest BCUT2D eigenvalue weighted by atomic mass is 16.9. The van der Waals surface area contributed by atoms with Crippen LogP contribution in [-0.2, 0) is 41.4 Å². The molecule has 252 valence electrons. The van der Waals surface area contributed by atoms with Gasteiger partial charge in [0.2, 0.25) is 0 Å². The fourth-order valence-corrected chi connectivity index (χ4v) is 5.02. The number of hydrogen-bond donors (Lipinski definition) is 4. The average Bonchev–Trinajstić information content (AvgIpc) is 3.42. The van der Waals surface area contributed by atoms with Crippen LogP contribution in [0.2, 0.25) is 0 Å². The lowest BCUT2D eigenvalue weighted by Crippen LogP contribution is -2.35. The van der Waals surface area contributed by atoms with Gasteiger partial charge in [0.15, 0.2) is 11.5 Å². The molecule has 0 radical (unpaired) electrons. The van der Waals surface area contributed by atoms with Crippen molar-refractivity contribution < 1.29 is 34.5 Å². The van der Waals surface area contributed by atoms with Crippen molar-refractivity contribution >= 4 is 17.9 Å². The molecule has 0 aliphatic heterocycles. The van der Waals surface area contributed by atoms with E-state index in [1.807, 2.05) is 43.3 Å². The Balaban J connectivity index is 1.50. The van der Waals surface area contributed by atoms with Crippen molar-refractivity contribution in [1.82, 2.24) is 14.7 Å². The molecule has 0 fully saturated rings. The van der Waals surface area contributed by atoms with Gasteiger partial charge in [0.05, 0.1) is 0 Å². The first-order valence-corrected chi connectivity index (χ1v) is 14.9. The molecule has 1 amide bonds. The number of carbonyl (C=O) groups is 2. The maximum atomic E-state index is 12.6. The largest absolute Gasteiger partial charge is 0.477 e. The van der Waals surface area contributed by atoms with Crippen molar-refractivity contribution in [3.05, 3.63) is 122 Å². The van der Waals surface area contributed by atoms with Gasteiger partial charge in [-0.15, -0.1) is 20.3 Å². The molecule has 3 aromatic carbocycles. The van der Waals surface area contributed by atoms with E-state index in [0.29, 0.717) is 39.6 Å². The highest BCUT2D eigenvalue weighted by Crippen LogP contribution is 2.28. The maximum absolute atomic E-state index is 12.6. The Labute approximate surface area is 276 Å². The molecule has 6 N–H and O–H groups in total. The van der Waals surface area contributed by atoms with Crippen LogP contribution in [0.3, 0.4) is 0 Å². The summed E-state index contributed by atoms with van der Waals surface area (Å²) in [5, 5.41) is 34.7. The van der Waals surface area contributed by atoms with Crippen LogP contribution in [0, 0.1) is 10.1 Å². The van der Waals surface area contributed by atoms with Crippen LogP contribution in [0.5, 0.6) is 0 Å². The van der Waals surface area contributed by atoms with Crippen LogP contribution >= 0.6 is 0 Å². The van der Waals surface area contributed by atoms with E-state index >= 15 is 0 Å². The number of nitrogens with zero attached hydrogens (tertiary/aromatic N) is 5. The number of benzene rings is 3. The van der Waals surface area contributed by atoms with Crippen LogP contribution in [0.4, 0.5) is 4.79 Å². The number of carboxylic acid groups (broad SMARTS) is 1. The van der Waals surface area contributed by atoms with Crippen LogP contribution < -0.4 is 11.6 Å². The van der Waals surface area contributed by atoms with Crippen LogP contribution in [0.1, 0.15) is 71.5 Å². The second-order valence-electron chi connectivity index (χ2n) is 11.4. The van der Waals surface area contributed by atoms with Crippen molar-refractivity contribution in [1.29, 1.82) is 0 Å². The zero-order chi connectivity index (χ0) is 35.0. The minimum atomic E-state index is -1.43. The van der Waals surface area contributed by atoms with Gasteiger partial charge < -0.3 is 30.1 Å². The van der Waals surface area contributed by atoms with Gasteiger partial charge in [-0.1, -0.05) is 79.7 Å². The Bertz CT molecular complexity index is 1810. The lowest BCUT2D eigenvalue weighted by molar-refractivity contribution is -0.763. The predicted molar refractivity (Wildman–Crippen MR) is 175 cm³/mol. The summed E-state index contributed by atoms with van der Waals surface area (Å²) in [6, 6.07) is 21.1. The lowest BCUT2D eigenvalue weighted by atomic mass is 9.98. The number of carbonyl (C=O) groups excluding carboxylic acids is 1. The van der Waals surface area contributed by atoms with E-state index in [4.69, 9.17) is 16.3 Å². The summed E-state index contributed by atoms with van der Waals surface area (Å²) in [5.41, 5.74) is 8.76. The number of imidazole rings is 1. The Morgan fingerprint density at radius 2 is 1.71 bits per heavy atom. The van der Waals surface area contributed by atoms with Crippen molar-refractivity contribution in [3.8, 4) is 11.1 Å². The van der Waals surface area contributed by atoms with E-state index in [2.05, 4.69) is 14.9 Å². The number of hydrazone groups is 1. The summed E-state index contributed by atoms with van der Waals surface area (Å²) < 4.78 is 6.85. The Kier molecular flexibility index (Phi) is 11.1. The molecule has 0 spiro atoms. The molecule has 0 aliphatic carbocycles. The number of amides is 1. The van der Waals surface area contributed by atoms with Crippen molar-refractivity contribution in [2.75, 3.05) is 0 Å². The monoisotopic (exact) mass is 659 g/mol. The molecule has 0 saturated heterocycles. The normalized spacial score (nSPS) is 11.6. The van der Waals surface area contributed by atoms with Gasteiger partial charge in [-0.25, -0.2) is 20.4 Å². The third-order valence-electron chi connectivity index (χ3n) is 7.20. The van der Waals surface area contributed by atoms with Gasteiger partial charge in [0, 0.05) is 18.5 Å². The van der Waals surface area contributed by atoms with Crippen LogP contribution in [0.15, 0.2) is 77.9 Å². The number of rotatable bonds is 14. The number of aromatic carboxylic acids is 1. The topological polar surface area (TPSA) is 222 Å². The molecule has 1 heterocycles. The smallest absolute Gasteiger partial charge is 0.445 e. The molecule has 0 unspecified atom stereocenters. The zero-order valence-electron chi connectivity index (χ0n) is 26.7. The van der Waals surface area contributed by atoms with E-state index in [0.717, 1.165) is 17.5 Å². The number of nitrogens with two attached hydrogens (primary N) is 2. The van der Waals surface area contributed by atoms with Gasteiger partial charge in [0.25, 0.3) is 5.09 Å². The van der Waals surface area contributed by atoms with E-state index in [1.165, 1.54) is 13.8 Å². The number of hydrogen-bond acceptors (Lipinski definition) is 10. The Morgan fingerprint density at radius 1 is 1.04 bits per heavy atom. The van der Waals surface area contributed by atoms with E-state index < -0.39 is 22.8 Å². The van der Waals surface area contributed by atoms with Gasteiger partial charge in [-0.2, -0.15) is 0 Å². The number of aromatic nitrogens is 2. The van der Waals surface area contributed by atoms with Gasteiger partial charge in [-0.05, 0) is 48.1 Å². The summed E-state index contributed by atoms with van der Waals surface area (Å²) >= 11 is 0. The summed E-state index contributed by atoms with van der Waals surface area (Å²) in [6.45, 7) is 4.80. The van der Waals surface area contributed by atoms with Gasteiger partial charge in [0.1, 0.15) is 30.3 Å². The summed E-state index contributed by atoms with van der Waals surface area (Å²) in [5.74, 6) is 5.19. The van der Waals surface area contributed by atoms with Crippen molar-refractivity contribution in [2.45, 2.75) is 59.0 Å². The molecule has 0 saturated carbocycles. The first kappa shape index (κ1) is 35.1. The van der Waals surface area contributed by atoms with Crippen molar-refractivity contribution in [3.63, 3.8) is 0 Å². The summed E-state index contributed by atoms with van der Waals surface area (Å²) in [4.78, 5) is 44.1. The standard InChI is InChI=1S/C33H37N7O8/c1-4-8-27-36-29(33(2,3)44)28(31(41)42)38(27)18-21-13-15-24(16-14-21)25-11-5-6-12-26(25)30(34)37-39(35)32(43)47-19-22-9-7-10-23(17-22)20-48-40(45)46/h5-7,9-17,44H,4,8,18-20,35H2,1-3H3,(H2,34,37)(H,41,42). The molecule has 15 nitrogen and oxygen atoms in total. The molecule has 0 bridgehead atoms. The minimum Gasteiger partial charge on any atom is -0.477 e. The van der Waals surface area contributed by atoms with E-state index in [9.17, 15) is 29.9 Å². The van der Waals surface area contributed by atoms with Crippen LogP contribution in [0.25, 0.3) is 11.1 Å². The molecule has 4 aromatic rings. The SMILES string of the molecule is CCCc1nc(C(C)(C)O)c(C(=O)O)n1Cc1ccc(-c2ccccc2/C(N)=N/N(N)C(=O)OCc2cccc(CO[N+](=O)[O-])c2)cc1. The van der Waals surface area contributed by atoms with E-state index in [-0.39, 0.29) is 37.0 Å². The second kappa shape index (κ2) is 15.2. The summed E-state index contributed by atoms with van der Waals surface area (Å²) in [7, 11) is 0. The molecule has 48 heavy (non-hydrogen) atoms. The third kappa shape index (κ3) is 8.71. The first-order chi connectivity index (χ1) is 22.8. The quantitative estimate of drug-likeness (QED) is 0.0373. The number of carboxylic acids is 1. The number of aliphatic hydroxyl groups is 1.